The van der Waals surface area contributed by atoms with Crippen LogP contribution in [0, 0.1) is 6.92 Å². The molecule has 2 aromatic heterocycles. The summed E-state index contributed by atoms with van der Waals surface area (Å²) in [5.41, 5.74) is 1.20. The Labute approximate surface area is 108 Å². The zero-order valence-electron chi connectivity index (χ0n) is 9.03. The van der Waals surface area contributed by atoms with E-state index in [2.05, 4.69) is 50.7 Å². The summed E-state index contributed by atoms with van der Waals surface area (Å²) in [5, 5.41) is 5.45. The van der Waals surface area contributed by atoms with Crippen LogP contribution < -0.4 is 5.32 Å². The molecule has 1 N–H and O–H groups in total. The minimum atomic E-state index is 0.912. The quantitative estimate of drug-likeness (QED) is 0.926. The molecule has 0 aliphatic heterocycles. The van der Waals surface area contributed by atoms with Crippen molar-refractivity contribution < 1.29 is 0 Å². The SMILES string of the molecule is Cc1ccnc(NCCc2cccs2)c1Br. The van der Waals surface area contributed by atoms with Gasteiger partial charge in [0.25, 0.3) is 0 Å². The standard InChI is InChI=1S/C12H13BrN2S/c1-9-4-6-14-12(11(9)13)15-7-5-10-3-2-8-16-10/h2-4,6,8H,5,7H2,1H3,(H,14,15). The minimum Gasteiger partial charge on any atom is -0.369 e. The highest BCUT2D eigenvalue weighted by Crippen LogP contribution is 2.23. The number of halogens is 1. The molecule has 0 bridgehead atoms. The van der Waals surface area contributed by atoms with Crippen molar-refractivity contribution in [3.05, 3.63) is 44.7 Å². The van der Waals surface area contributed by atoms with E-state index in [-0.39, 0.29) is 0 Å². The van der Waals surface area contributed by atoms with Gasteiger partial charge in [-0.05, 0) is 52.4 Å². The number of hydrogen-bond acceptors (Lipinski definition) is 3. The first-order chi connectivity index (χ1) is 7.77. The summed E-state index contributed by atoms with van der Waals surface area (Å²) in [5.74, 6) is 0.927. The number of aromatic nitrogens is 1. The Kier molecular flexibility index (Phi) is 3.96. The molecule has 0 aliphatic carbocycles. The third kappa shape index (κ3) is 2.83. The maximum Gasteiger partial charge on any atom is 0.140 e. The maximum atomic E-state index is 4.30. The topological polar surface area (TPSA) is 24.9 Å². The number of aryl methyl sites for hydroxylation is 1. The van der Waals surface area contributed by atoms with Gasteiger partial charge in [0.1, 0.15) is 5.82 Å². The number of anilines is 1. The van der Waals surface area contributed by atoms with Gasteiger partial charge in [0.05, 0.1) is 4.47 Å². The first-order valence-corrected chi connectivity index (χ1v) is 6.82. The molecule has 16 heavy (non-hydrogen) atoms. The van der Waals surface area contributed by atoms with E-state index in [9.17, 15) is 0 Å². The van der Waals surface area contributed by atoms with E-state index < -0.39 is 0 Å². The fourth-order valence-electron chi connectivity index (χ4n) is 1.42. The summed E-state index contributed by atoms with van der Waals surface area (Å²) in [6.07, 6.45) is 2.87. The molecule has 0 unspecified atom stereocenters. The molecule has 0 radical (unpaired) electrons. The van der Waals surface area contributed by atoms with Gasteiger partial charge in [-0.15, -0.1) is 11.3 Å². The van der Waals surface area contributed by atoms with Gasteiger partial charge in [-0.25, -0.2) is 4.98 Å². The average Bonchev–Trinajstić information content (AvgIpc) is 2.77. The molecular weight excluding hydrogens is 284 g/mol. The fraction of sp³-hybridized carbons (Fsp3) is 0.250. The van der Waals surface area contributed by atoms with Gasteiger partial charge in [-0.3, -0.25) is 0 Å². The van der Waals surface area contributed by atoms with Crippen LogP contribution >= 0.6 is 27.3 Å². The van der Waals surface area contributed by atoms with Gasteiger partial charge in [-0.2, -0.15) is 0 Å². The van der Waals surface area contributed by atoms with Crippen molar-refractivity contribution in [2.45, 2.75) is 13.3 Å². The Bertz CT molecular complexity index is 454. The molecule has 2 nitrogen and oxygen atoms in total. The minimum absolute atomic E-state index is 0.912. The van der Waals surface area contributed by atoms with Crippen LogP contribution in [0.3, 0.4) is 0 Å². The highest BCUT2D eigenvalue weighted by molar-refractivity contribution is 9.10. The van der Waals surface area contributed by atoms with Crippen molar-refractivity contribution in [1.29, 1.82) is 0 Å². The summed E-state index contributed by atoms with van der Waals surface area (Å²) in [7, 11) is 0. The second kappa shape index (κ2) is 5.46. The van der Waals surface area contributed by atoms with Crippen LogP contribution in [0.15, 0.2) is 34.2 Å². The lowest BCUT2D eigenvalue weighted by atomic mass is 10.3. The molecule has 84 valence electrons. The highest BCUT2D eigenvalue weighted by atomic mass is 79.9. The molecule has 0 fully saturated rings. The molecule has 0 saturated heterocycles. The third-order valence-electron chi connectivity index (χ3n) is 2.33. The Balaban J connectivity index is 1.92. The molecule has 0 spiro atoms. The highest BCUT2D eigenvalue weighted by Gasteiger charge is 2.02. The van der Waals surface area contributed by atoms with Crippen molar-refractivity contribution in [2.24, 2.45) is 0 Å². The van der Waals surface area contributed by atoms with Gasteiger partial charge < -0.3 is 5.32 Å². The number of hydrogen-bond donors (Lipinski definition) is 1. The lowest BCUT2D eigenvalue weighted by Crippen LogP contribution is -2.06. The zero-order valence-corrected chi connectivity index (χ0v) is 11.4. The Morgan fingerprint density at radius 1 is 1.44 bits per heavy atom. The van der Waals surface area contributed by atoms with E-state index in [0.717, 1.165) is 23.3 Å². The summed E-state index contributed by atoms with van der Waals surface area (Å²) in [6.45, 7) is 2.98. The number of thiophene rings is 1. The van der Waals surface area contributed by atoms with Crippen molar-refractivity contribution in [1.82, 2.24) is 4.98 Å². The van der Waals surface area contributed by atoms with Crippen molar-refractivity contribution >= 4 is 33.1 Å². The lowest BCUT2D eigenvalue weighted by Gasteiger charge is -2.08. The summed E-state index contributed by atoms with van der Waals surface area (Å²) >= 11 is 5.33. The molecule has 0 atom stereocenters. The molecule has 2 aromatic rings. The Morgan fingerprint density at radius 3 is 3.06 bits per heavy atom. The second-order valence-corrected chi connectivity index (χ2v) is 5.37. The predicted octanol–water partition coefficient (Wildman–Crippen LogP) is 3.87. The van der Waals surface area contributed by atoms with Crippen LogP contribution in [0.25, 0.3) is 0 Å². The normalized spacial score (nSPS) is 10.4. The maximum absolute atomic E-state index is 4.30. The molecule has 4 heteroatoms. The zero-order chi connectivity index (χ0) is 11.4. The molecule has 0 amide bonds. The van der Waals surface area contributed by atoms with Crippen LogP contribution in [0.5, 0.6) is 0 Å². The van der Waals surface area contributed by atoms with E-state index in [4.69, 9.17) is 0 Å². The summed E-state index contributed by atoms with van der Waals surface area (Å²) < 4.78 is 1.06. The van der Waals surface area contributed by atoms with E-state index in [1.54, 1.807) is 11.3 Å². The van der Waals surface area contributed by atoms with E-state index >= 15 is 0 Å². The van der Waals surface area contributed by atoms with Crippen LogP contribution in [0.1, 0.15) is 10.4 Å². The van der Waals surface area contributed by atoms with E-state index in [1.807, 2.05) is 12.3 Å². The van der Waals surface area contributed by atoms with Crippen molar-refractivity contribution in [3.63, 3.8) is 0 Å². The Morgan fingerprint density at radius 2 is 2.31 bits per heavy atom. The fourth-order valence-corrected chi connectivity index (χ4v) is 2.51. The second-order valence-electron chi connectivity index (χ2n) is 3.55. The number of nitrogens with zero attached hydrogens (tertiary/aromatic N) is 1. The third-order valence-corrected chi connectivity index (χ3v) is 4.26. The molecule has 0 saturated carbocycles. The van der Waals surface area contributed by atoms with Crippen LogP contribution in [-0.2, 0) is 6.42 Å². The lowest BCUT2D eigenvalue weighted by molar-refractivity contribution is 1.02. The van der Waals surface area contributed by atoms with Crippen LogP contribution in [0.2, 0.25) is 0 Å². The van der Waals surface area contributed by atoms with Gasteiger partial charge in [0, 0.05) is 17.6 Å². The summed E-state index contributed by atoms with van der Waals surface area (Å²) in [4.78, 5) is 5.70. The van der Waals surface area contributed by atoms with E-state index in [1.165, 1.54) is 10.4 Å². The first-order valence-electron chi connectivity index (χ1n) is 5.15. The van der Waals surface area contributed by atoms with Crippen LogP contribution in [-0.4, -0.2) is 11.5 Å². The Hall–Kier alpha value is -0.870. The largest absolute Gasteiger partial charge is 0.369 e. The van der Waals surface area contributed by atoms with Gasteiger partial charge in [0.15, 0.2) is 0 Å². The first kappa shape index (κ1) is 11.6. The van der Waals surface area contributed by atoms with E-state index in [0.29, 0.717) is 0 Å². The average molecular weight is 297 g/mol. The van der Waals surface area contributed by atoms with Crippen molar-refractivity contribution in [2.75, 3.05) is 11.9 Å². The molecule has 0 aromatic carbocycles. The van der Waals surface area contributed by atoms with Crippen molar-refractivity contribution in [3.8, 4) is 0 Å². The predicted molar refractivity (Wildman–Crippen MR) is 73.2 cm³/mol. The molecule has 2 rings (SSSR count). The number of rotatable bonds is 4. The van der Waals surface area contributed by atoms with Gasteiger partial charge >= 0.3 is 0 Å². The monoisotopic (exact) mass is 296 g/mol. The summed E-state index contributed by atoms with van der Waals surface area (Å²) in [6, 6.07) is 6.24. The van der Waals surface area contributed by atoms with Crippen LogP contribution in [0.4, 0.5) is 5.82 Å². The number of nitrogens with one attached hydrogen (secondary N) is 1. The molecular formula is C12H13BrN2S. The molecule has 2 heterocycles. The smallest absolute Gasteiger partial charge is 0.140 e. The van der Waals surface area contributed by atoms with Gasteiger partial charge in [-0.1, -0.05) is 6.07 Å². The van der Waals surface area contributed by atoms with Gasteiger partial charge in [0.2, 0.25) is 0 Å². The molecule has 0 aliphatic rings. The number of pyridine rings is 1.